The van der Waals surface area contributed by atoms with Gasteiger partial charge in [0.15, 0.2) is 0 Å². The molecule has 1 aromatic rings. The maximum Gasteiger partial charge on any atom is 0.0560 e. The molecule has 3 heteroatoms. The van der Waals surface area contributed by atoms with Crippen LogP contribution in [0.4, 0.5) is 5.69 Å². The highest BCUT2D eigenvalue weighted by atomic mass is 15.2. The lowest BCUT2D eigenvalue weighted by Gasteiger charge is -2.18. The molecule has 82 valence electrons. The number of hydrogen-bond donors (Lipinski definition) is 1. The molecule has 1 saturated heterocycles. The molecule has 0 amide bonds. The number of nitrogens with zero attached hydrogens (tertiary/aromatic N) is 2. The second-order valence-corrected chi connectivity index (χ2v) is 4.22. The summed E-state index contributed by atoms with van der Waals surface area (Å²) in [6.45, 7) is 5.15. The normalized spacial score (nSPS) is 20.9. The molecule has 1 atom stereocenters. The number of rotatable bonds is 3. The number of nitrogens with two attached hydrogens (primary N) is 1. The third kappa shape index (κ3) is 2.29. The van der Waals surface area contributed by atoms with Crippen LogP contribution >= 0.6 is 0 Å². The van der Waals surface area contributed by atoms with Gasteiger partial charge in [-0.2, -0.15) is 0 Å². The molecule has 0 radical (unpaired) electrons. The molecule has 1 aromatic heterocycles. The molecule has 1 aliphatic rings. The van der Waals surface area contributed by atoms with Crippen molar-refractivity contribution < 1.29 is 0 Å². The average molecular weight is 205 g/mol. The van der Waals surface area contributed by atoms with Gasteiger partial charge in [-0.25, -0.2) is 0 Å². The summed E-state index contributed by atoms with van der Waals surface area (Å²) in [5.74, 6) is 0.861. The highest BCUT2D eigenvalue weighted by Crippen LogP contribution is 2.25. The zero-order valence-electron chi connectivity index (χ0n) is 9.32. The molecule has 2 rings (SSSR count). The van der Waals surface area contributed by atoms with Gasteiger partial charge in [-0.3, -0.25) is 4.98 Å². The minimum atomic E-state index is 0.527. The molecule has 2 heterocycles. The van der Waals surface area contributed by atoms with Crippen molar-refractivity contribution in [2.45, 2.75) is 26.3 Å². The van der Waals surface area contributed by atoms with E-state index in [1.165, 1.54) is 31.6 Å². The first-order chi connectivity index (χ1) is 7.33. The maximum absolute atomic E-state index is 5.59. The predicted octanol–water partition coefficient (Wildman–Crippen LogP) is 1.78. The molecule has 0 spiro atoms. The highest BCUT2D eigenvalue weighted by molar-refractivity contribution is 5.47. The summed E-state index contributed by atoms with van der Waals surface area (Å²) in [6, 6.07) is 4.19. The van der Waals surface area contributed by atoms with Crippen LogP contribution in [0.5, 0.6) is 0 Å². The van der Waals surface area contributed by atoms with E-state index in [-0.39, 0.29) is 0 Å². The van der Waals surface area contributed by atoms with Crippen LogP contribution in [0.25, 0.3) is 0 Å². The summed E-state index contributed by atoms with van der Waals surface area (Å²) in [6.07, 6.45) is 4.46. The van der Waals surface area contributed by atoms with Gasteiger partial charge in [0, 0.05) is 31.5 Å². The van der Waals surface area contributed by atoms with Crippen LogP contribution in [-0.2, 0) is 6.54 Å². The van der Waals surface area contributed by atoms with Crippen LogP contribution in [0, 0.1) is 5.92 Å². The first-order valence-corrected chi connectivity index (χ1v) is 5.73. The Kier molecular flexibility index (Phi) is 3.21. The summed E-state index contributed by atoms with van der Waals surface area (Å²) in [7, 11) is 0. The van der Waals surface area contributed by atoms with E-state index in [0.29, 0.717) is 6.54 Å². The van der Waals surface area contributed by atoms with Crippen molar-refractivity contribution >= 4 is 5.69 Å². The Morgan fingerprint density at radius 3 is 3.13 bits per heavy atom. The molecule has 1 fully saturated rings. The minimum Gasteiger partial charge on any atom is -0.371 e. The number of aromatic nitrogens is 1. The van der Waals surface area contributed by atoms with Gasteiger partial charge >= 0.3 is 0 Å². The van der Waals surface area contributed by atoms with E-state index >= 15 is 0 Å². The van der Waals surface area contributed by atoms with Gasteiger partial charge in [-0.1, -0.05) is 13.3 Å². The third-order valence-corrected chi connectivity index (χ3v) is 3.24. The maximum atomic E-state index is 5.59. The van der Waals surface area contributed by atoms with E-state index in [2.05, 4.69) is 28.9 Å². The van der Waals surface area contributed by atoms with Crippen molar-refractivity contribution in [1.82, 2.24) is 4.98 Å². The van der Waals surface area contributed by atoms with Gasteiger partial charge in [-0.05, 0) is 24.5 Å². The van der Waals surface area contributed by atoms with Crippen molar-refractivity contribution in [3.63, 3.8) is 0 Å². The Labute approximate surface area is 91.3 Å². The fourth-order valence-corrected chi connectivity index (χ4v) is 2.17. The van der Waals surface area contributed by atoms with Gasteiger partial charge in [0.05, 0.1) is 5.69 Å². The standard InChI is InChI=1S/C12H19N3/c1-2-10-4-6-15(9-10)12-3-5-14-11(7-12)8-13/h3,5,7,10H,2,4,6,8-9,13H2,1H3. The topological polar surface area (TPSA) is 42.2 Å². The SMILES string of the molecule is CCC1CCN(c2ccnc(CN)c2)C1. The van der Waals surface area contributed by atoms with Crippen molar-refractivity contribution in [3.8, 4) is 0 Å². The Balaban J connectivity index is 2.09. The van der Waals surface area contributed by atoms with Crippen LogP contribution < -0.4 is 10.6 Å². The lowest BCUT2D eigenvalue weighted by atomic mass is 10.1. The number of anilines is 1. The van der Waals surface area contributed by atoms with Crippen molar-refractivity contribution in [2.75, 3.05) is 18.0 Å². The number of pyridine rings is 1. The molecule has 0 bridgehead atoms. The Morgan fingerprint density at radius 1 is 1.60 bits per heavy atom. The molecule has 1 unspecified atom stereocenters. The third-order valence-electron chi connectivity index (χ3n) is 3.24. The smallest absolute Gasteiger partial charge is 0.0560 e. The van der Waals surface area contributed by atoms with Gasteiger partial charge < -0.3 is 10.6 Å². The van der Waals surface area contributed by atoms with E-state index in [4.69, 9.17) is 5.73 Å². The van der Waals surface area contributed by atoms with E-state index in [9.17, 15) is 0 Å². The Morgan fingerprint density at radius 2 is 2.47 bits per heavy atom. The van der Waals surface area contributed by atoms with Crippen LogP contribution in [0.1, 0.15) is 25.5 Å². The second-order valence-electron chi connectivity index (χ2n) is 4.22. The first kappa shape index (κ1) is 10.4. The fraction of sp³-hybridized carbons (Fsp3) is 0.583. The van der Waals surface area contributed by atoms with E-state index in [0.717, 1.165) is 11.6 Å². The summed E-state index contributed by atoms with van der Waals surface area (Å²) >= 11 is 0. The Hall–Kier alpha value is -1.09. The molecule has 2 N–H and O–H groups in total. The van der Waals surface area contributed by atoms with Crippen molar-refractivity contribution in [3.05, 3.63) is 24.0 Å². The van der Waals surface area contributed by atoms with E-state index < -0.39 is 0 Å². The van der Waals surface area contributed by atoms with Gasteiger partial charge in [0.1, 0.15) is 0 Å². The van der Waals surface area contributed by atoms with Crippen LogP contribution in [-0.4, -0.2) is 18.1 Å². The fourth-order valence-electron chi connectivity index (χ4n) is 2.17. The zero-order chi connectivity index (χ0) is 10.7. The van der Waals surface area contributed by atoms with Crippen LogP contribution in [0.15, 0.2) is 18.3 Å². The molecule has 0 saturated carbocycles. The van der Waals surface area contributed by atoms with E-state index in [1.54, 1.807) is 0 Å². The van der Waals surface area contributed by atoms with Crippen LogP contribution in [0.2, 0.25) is 0 Å². The summed E-state index contributed by atoms with van der Waals surface area (Å²) in [4.78, 5) is 6.66. The quantitative estimate of drug-likeness (QED) is 0.818. The minimum absolute atomic E-state index is 0.527. The van der Waals surface area contributed by atoms with Crippen LogP contribution in [0.3, 0.4) is 0 Å². The van der Waals surface area contributed by atoms with E-state index in [1.807, 2.05) is 6.20 Å². The largest absolute Gasteiger partial charge is 0.371 e. The molecule has 0 aromatic carbocycles. The summed E-state index contributed by atoms with van der Waals surface area (Å²) < 4.78 is 0. The van der Waals surface area contributed by atoms with Crippen molar-refractivity contribution in [2.24, 2.45) is 11.7 Å². The number of hydrogen-bond acceptors (Lipinski definition) is 3. The van der Waals surface area contributed by atoms with Gasteiger partial charge in [0.25, 0.3) is 0 Å². The molecule has 3 nitrogen and oxygen atoms in total. The first-order valence-electron chi connectivity index (χ1n) is 5.73. The lowest BCUT2D eigenvalue weighted by Crippen LogP contribution is -2.19. The zero-order valence-corrected chi connectivity index (χ0v) is 9.32. The molecule has 0 aliphatic carbocycles. The summed E-state index contributed by atoms with van der Waals surface area (Å²) in [5, 5.41) is 0. The molecular weight excluding hydrogens is 186 g/mol. The predicted molar refractivity (Wildman–Crippen MR) is 62.7 cm³/mol. The van der Waals surface area contributed by atoms with Gasteiger partial charge in [0.2, 0.25) is 0 Å². The monoisotopic (exact) mass is 205 g/mol. The highest BCUT2D eigenvalue weighted by Gasteiger charge is 2.21. The average Bonchev–Trinajstić information content (AvgIpc) is 2.78. The second kappa shape index (κ2) is 4.62. The lowest BCUT2D eigenvalue weighted by molar-refractivity contribution is 0.569. The summed E-state index contributed by atoms with van der Waals surface area (Å²) in [5.41, 5.74) is 7.85. The Bertz CT molecular complexity index is 324. The van der Waals surface area contributed by atoms with Crippen molar-refractivity contribution in [1.29, 1.82) is 0 Å². The molecule has 1 aliphatic heterocycles. The molecule has 15 heavy (non-hydrogen) atoms. The van der Waals surface area contributed by atoms with Gasteiger partial charge in [-0.15, -0.1) is 0 Å². The molecular formula is C12H19N3.